The van der Waals surface area contributed by atoms with E-state index >= 15 is 0 Å². The maximum Gasteiger partial charge on any atom is 0.441 e. The van der Waals surface area contributed by atoms with Crippen molar-refractivity contribution in [1.82, 2.24) is 0 Å². The number of fused-ring (bicyclic) bond motifs is 1. The Morgan fingerprint density at radius 2 is 2.17 bits per heavy atom. The van der Waals surface area contributed by atoms with E-state index in [4.69, 9.17) is 10.5 Å². The SMILES string of the molecule is N[C@@H]1CCc2cc(OCCSC(F)(F)F)ccc21. The lowest BCUT2D eigenvalue weighted by Gasteiger charge is -2.10. The molecule has 1 atom stereocenters. The number of rotatable bonds is 4. The Balaban J connectivity index is 1.84. The van der Waals surface area contributed by atoms with Crippen LogP contribution < -0.4 is 10.5 Å². The zero-order valence-corrected chi connectivity index (χ0v) is 10.5. The van der Waals surface area contributed by atoms with E-state index in [1.807, 2.05) is 12.1 Å². The van der Waals surface area contributed by atoms with Crippen LogP contribution in [0.15, 0.2) is 18.2 Å². The summed E-state index contributed by atoms with van der Waals surface area (Å²) in [6.07, 6.45) is 1.83. The van der Waals surface area contributed by atoms with Crippen LogP contribution in [-0.4, -0.2) is 17.9 Å². The lowest BCUT2D eigenvalue weighted by molar-refractivity contribution is -0.0329. The molecule has 0 heterocycles. The fraction of sp³-hybridized carbons (Fsp3) is 0.500. The lowest BCUT2D eigenvalue weighted by atomic mass is 10.1. The highest BCUT2D eigenvalue weighted by Crippen LogP contribution is 2.32. The summed E-state index contributed by atoms with van der Waals surface area (Å²) < 4.78 is 41.0. The van der Waals surface area contributed by atoms with Crippen LogP contribution >= 0.6 is 11.8 Å². The van der Waals surface area contributed by atoms with E-state index in [1.165, 1.54) is 0 Å². The molecule has 0 saturated heterocycles. The minimum atomic E-state index is -4.19. The van der Waals surface area contributed by atoms with Crippen LogP contribution in [0.5, 0.6) is 5.75 Å². The number of ether oxygens (including phenoxy) is 1. The molecule has 0 radical (unpaired) electrons. The summed E-state index contributed by atoms with van der Waals surface area (Å²) in [5.74, 6) is 0.519. The van der Waals surface area contributed by atoms with E-state index in [1.54, 1.807) is 6.07 Å². The van der Waals surface area contributed by atoms with E-state index < -0.39 is 5.51 Å². The molecule has 1 aromatic carbocycles. The first-order valence-corrected chi connectivity index (χ1v) is 6.66. The number of hydrogen-bond acceptors (Lipinski definition) is 3. The summed E-state index contributed by atoms with van der Waals surface area (Å²) in [4.78, 5) is 0. The molecule has 18 heavy (non-hydrogen) atoms. The van der Waals surface area contributed by atoms with Crippen LogP contribution in [0.3, 0.4) is 0 Å². The van der Waals surface area contributed by atoms with Crippen LogP contribution in [-0.2, 0) is 6.42 Å². The van der Waals surface area contributed by atoms with Gasteiger partial charge in [0.1, 0.15) is 5.75 Å². The molecular formula is C12H14F3NOS. The number of thioether (sulfide) groups is 1. The van der Waals surface area contributed by atoms with Gasteiger partial charge >= 0.3 is 5.51 Å². The van der Waals surface area contributed by atoms with Crippen molar-refractivity contribution in [2.75, 3.05) is 12.4 Å². The monoisotopic (exact) mass is 277 g/mol. The Morgan fingerprint density at radius 3 is 2.89 bits per heavy atom. The van der Waals surface area contributed by atoms with Crippen LogP contribution in [0.2, 0.25) is 0 Å². The second kappa shape index (κ2) is 5.40. The normalized spacial score (nSPS) is 18.8. The molecule has 0 fully saturated rings. The van der Waals surface area contributed by atoms with E-state index in [0.29, 0.717) is 5.75 Å². The second-order valence-corrected chi connectivity index (χ2v) is 5.31. The molecule has 0 bridgehead atoms. The first-order valence-electron chi connectivity index (χ1n) is 5.67. The number of benzene rings is 1. The fourth-order valence-corrected chi connectivity index (χ4v) is 2.43. The summed E-state index contributed by atoms with van der Waals surface area (Å²) in [5, 5.41) is 0. The Labute approximate surface area is 108 Å². The summed E-state index contributed by atoms with van der Waals surface area (Å²) >= 11 is -0.0663. The van der Waals surface area contributed by atoms with E-state index in [0.717, 1.165) is 24.0 Å². The molecule has 0 saturated carbocycles. The minimum Gasteiger partial charge on any atom is -0.493 e. The van der Waals surface area contributed by atoms with Gasteiger partial charge in [0.2, 0.25) is 0 Å². The van der Waals surface area contributed by atoms with E-state index in [9.17, 15) is 13.2 Å². The molecule has 0 aliphatic heterocycles. The van der Waals surface area contributed by atoms with Crippen molar-refractivity contribution in [3.05, 3.63) is 29.3 Å². The van der Waals surface area contributed by atoms with E-state index in [2.05, 4.69) is 0 Å². The van der Waals surface area contributed by atoms with Crippen molar-refractivity contribution < 1.29 is 17.9 Å². The number of halogens is 3. The highest BCUT2D eigenvalue weighted by Gasteiger charge is 2.27. The molecule has 1 aromatic rings. The van der Waals surface area contributed by atoms with Crippen LogP contribution in [0.4, 0.5) is 13.2 Å². The summed E-state index contributed by atoms with van der Waals surface area (Å²) in [6, 6.07) is 5.62. The number of nitrogens with two attached hydrogens (primary N) is 1. The molecule has 100 valence electrons. The van der Waals surface area contributed by atoms with Crippen molar-refractivity contribution in [3.8, 4) is 5.75 Å². The lowest BCUT2D eigenvalue weighted by Crippen LogP contribution is -2.08. The zero-order chi connectivity index (χ0) is 13.2. The Morgan fingerprint density at radius 1 is 1.39 bits per heavy atom. The third-order valence-corrected chi connectivity index (χ3v) is 3.55. The first kappa shape index (κ1) is 13.5. The molecule has 0 unspecified atom stereocenters. The predicted molar refractivity (Wildman–Crippen MR) is 65.7 cm³/mol. The van der Waals surface area contributed by atoms with Gasteiger partial charge in [-0.05, 0) is 47.9 Å². The van der Waals surface area contributed by atoms with Crippen molar-refractivity contribution in [2.24, 2.45) is 5.73 Å². The number of hydrogen-bond donors (Lipinski definition) is 1. The summed E-state index contributed by atoms with van der Waals surface area (Å²) in [5.41, 5.74) is 3.97. The van der Waals surface area contributed by atoms with Gasteiger partial charge in [0, 0.05) is 11.8 Å². The van der Waals surface area contributed by atoms with Gasteiger partial charge in [-0.15, -0.1) is 0 Å². The van der Waals surface area contributed by atoms with Crippen LogP contribution in [0.25, 0.3) is 0 Å². The van der Waals surface area contributed by atoms with Gasteiger partial charge in [0.05, 0.1) is 6.61 Å². The summed E-state index contributed by atoms with van der Waals surface area (Å²) in [7, 11) is 0. The third-order valence-electron chi connectivity index (χ3n) is 2.86. The van der Waals surface area contributed by atoms with Crippen molar-refractivity contribution in [2.45, 2.75) is 24.4 Å². The molecule has 1 aliphatic carbocycles. The Kier molecular flexibility index (Phi) is 4.07. The van der Waals surface area contributed by atoms with Gasteiger partial charge in [-0.3, -0.25) is 0 Å². The molecule has 0 aromatic heterocycles. The topological polar surface area (TPSA) is 35.2 Å². The van der Waals surface area contributed by atoms with Gasteiger partial charge in [-0.1, -0.05) is 6.07 Å². The van der Waals surface area contributed by atoms with Crippen molar-refractivity contribution >= 4 is 11.8 Å². The molecular weight excluding hydrogens is 263 g/mol. The molecule has 1 aliphatic rings. The molecule has 6 heteroatoms. The second-order valence-electron chi connectivity index (χ2n) is 4.15. The Hall–Kier alpha value is -0.880. The molecule has 2 nitrogen and oxygen atoms in total. The summed E-state index contributed by atoms with van der Waals surface area (Å²) in [6.45, 7) is 0.0506. The van der Waals surface area contributed by atoms with Gasteiger partial charge < -0.3 is 10.5 Å². The quantitative estimate of drug-likeness (QED) is 0.858. The van der Waals surface area contributed by atoms with Crippen molar-refractivity contribution in [3.63, 3.8) is 0 Å². The standard InChI is InChI=1S/C12H14F3NOS/c13-12(14,15)18-6-5-17-9-2-3-10-8(7-9)1-4-11(10)16/h2-3,7,11H,1,4-6,16H2/t11-/m1/s1. The minimum absolute atomic E-state index is 0.0506. The average Bonchev–Trinajstić information content (AvgIpc) is 2.65. The largest absolute Gasteiger partial charge is 0.493 e. The highest BCUT2D eigenvalue weighted by molar-refractivity contribution is 8.00. The maximum absolute atomic E-state index is 11.9. The number of alkyl halides is 3. The third kappa shape index (κ3) is 3.55. The highest BCUT2D eigenvalue weighted by atomic mass is 32.2. The van der Waals surface area contributed by atoms with Crippen LogP contribution in [0, 0.1) is 0 Å². The van der Waals surface area contributed by atoms with Gasteiger partial charge in [-0.25, -0.2) is 0 Å². The predicted octanol–water partition coefficient (Wildman–Crippen LogP) is 3.26. The first-order chi connectivity index (χ1) is 8.46. The number of aryl methyl sites for hydroxylation is 1. The van der Waals surface area contributed by atoms with Crippen molar-refractivity contribution in [1.29, 1.82) is 0 Å². The smallest absolute Gasteiger partial charge is 0.441 e. The van der Waals surface area contributed by atoms with E-state index in [-0.39, 0.29) is 30.2 Å². The van der Waals surface area contributed by atoms with Gasteiger partial charge in [0.15, 0.2) is 0 Å². The fourth-order valence-electron chi connectivity index (χ4n) is 2.03. The molecule has 2 rings (SSSR count). The molecule has 2 N–H and O–H groups in total. The molecule has 0 spiro atoms. The maximum atomic E-state index is 11.9. The van der Waals surface area contributed by atoms with Gasteiger partial charge in [-0.2, -0.15) is 13.2 Å². The average molecular weight is 277 g/mol. The molecule has 0 amide bonds. The Bertz CT molecular complexity index is 422. The zero-order valence-electron chi connectivity index (χ0n) is 9.67. The van der Waals surface area contributed by atoms with Crippen LogP contribution in [0.1, 0.15) is 23.6 Å². The van der Waals surface area contributed by atoms with Gasteiger partial charge in [0.25, 0.3) is 0 Å².